The van der Waals surface area contributed by atoms with Gasteiger partial charge in [-0.05, 0) is 31.9 Å². The minimum absolute atomic E-state index is 0.509. The van der Waals surface area contributed by atoms with Crippen molar-refractivity contribution in [2.75, 3.05) is 26.3 Å². The Hall–Kier alpha value is -1.00. The molecule has 0 spiro atoms. The lowest BCUT2D eigenvalue weighted by Gasteiger charge is -2.22. The Morgan fingerprint density at radius 2 is 2.06 bits per heavy atom. The van der Waals surface area contributed by atoms with Crippen LogP contribution in [-0.4, -0.2) is 36.3 Å². The van der Waals surface area contributed by atoms with E-state index >= 15 is 0 Å². The van der Waals surface area contributed by atoms with Gasteiger partial charge in [-0.1, -0.05) is 0 Å². The largest absolute Gasteiger partial charge is 0.381 e. The third kappa shape index (κ3) is 2.48. The number of nitrogens with zero attached hydrogens (tertiary/aromatic N) is 2. The van der Waals surface area contributed by atoms with Crippen molar-refractivity contribution in [2.45, 2.75) is 31.1 Å². The monoisotopic (exact) mass is 233 g/mol. The molecule has 0 radical (unpaired) electrons. The molecule has 0 amide bonds. The fourth-order valence-electron chi connectivity index (χ4n) is 2.68. The third-order valence-electron chi connectivity index (χ3n) is 3.76. The summed E-state index contributed by atoms with van der Waals surface area (Å²) in [6.07, 6.45) is 5.28. The van der Waals surface area contributed by atoms with Crippen LogP contribution in [0.2, 0.25) is 0 Å². The van der Waals surface area contributed by atoms with Crippen molar-refractivity contribution in [3.05, 3.63) is 23.8 Å². The van der Waals surface area contributed by atoms with Crippen molar-refractivity contribution in [3.63, 3.8) is 0 Å². The highest BCUT2D eigenvalue weighted by molar-refractivity contribution is 5.12. The maximum absolute atomic E-state index is 5.40. The van der Waals surface area contributed by atoms with Crippen LogP contribution < -0.4 is 5.32 Å². The molecule has 1 N–H and O–H groups in total. The summed E-state index contributed by atoms with van der Waals surface area (Å²) in [5, 5.41) is 3.37. The number of rotatable bonds is 2. The summed E-state index contributed by atoms with van der Waals surface area (Å²) in [7, 11) is 0. The van der Waals surface area contributed by atoms with Gasteiger partial charge >= 0.3 is 0 Å². The molecule has 1 aromatic heterocycles. The molecule has 17 heavy (non-hydrogen) atoms. The van der Waals surface area contributed by atoms with E-state index in [1.807, 2.05) is 6.20 Å². The van der Waals surface area contributed by atoms with Gasteiger partial charge in [-0.3, -0.25) is 0 Å². The Labute approximate surface area is 102 Å². The van der Waals surface area contributed by atoms with Crippen molar-refractivity contribution >= 4 is 0 Å². The highest BCUT2D eigenvalue weighted by Gasteiger charge is 2.22. The molecule has 0 aliphatic carbocycles. The van der Waals surface area contributed by atoms with E-state index in [1.165, 1.54) is 5.69 Å². The topological polar surface area (TPSA) is 47.0 Å². The summed E-state index contributed by atoms with van der Waals surface area (Å²) < 4.78 is 5.40. The first-order valence-corrected chi connectivity index (χ1v) is 6.55. The Morgan fingerprint density at radius 3 is 2.82 bits per heavy atom. The number of nitrogens with one attached hydrogen (secondary N) is 1. The van der Waals surface area contributed by atoms with Gasteiger partial charge in [0.1, 0.15) is 5.82 Å². The Bertz CT molecular complexity index is 371. The van der Waals surface area contributed by atoms with Gasteiger partial charge in [0.05, 0.1) is 0 Å². The normalized spacial score (nSPS) is 26.2. The van der Waals surface area contributed by atoms with Crippen LogP contribution in [0.25, 0.3) is 0 Å². The number of aromatic nitrogens is 2. The van der Waals surface area contributed by atoms with Gasteiger partial charge in [-0.25, -0.2) is 9.97 Å². The third-order valence-corrected chi connectivity index (χ3v) is 3.76. The lowest BCUT2D eigenvalue weighted by Crippen LogP contribution is -2.17. The van der Waals surface area contributed by atoms with Gasteiger partial charge in [0.15, 0.2) is 0 Å². The molecule has 0 saturated carbocycles. The van der Waals surface area contributed by atoms with E-state index in [0.717, 1.165) is 51.4 Å². The van der Waals surface area contributed by atoms with Gasteiger partial charge in [0.25, 0.3) is 0 Å². The van der Waals surface area contributed by atoms with Crippen LogP contribution in [0.4, 0.5) is 0 Å². The van der Waals surface area contributed by atoms with E-state index < -0.39 is 0 Å². The summed E-state index contributed by atoms with van der Waals surface area (Å²) >= 11 is 0. The molecular weight excluding hydrogens is 214 g/mol. The molecule has 3 rings (SSSR count). The van der Waals surface area contributed by atoms with Gasteiger partial charge in [-0.2, -0.15) is 0 Å². The van der Waals surface area contributed by atoms with Crippen LogP contribution >= 0.6 is 0 Å². The lowest BCUT2D eigenvalue weighted by atomic mass is 9.96. The molecule has 2 fully saturated rings. The highest BCUT2D eigenvalue weighted by Crippen LogP contribution is 2.26. The van der Waals surface area contributed by atoms with Crippen LogP contribution in [0.1, 0.15) is 42.6 Å². The zero-order valence-corrected chi connectivity index (χ0v) is 10.1. The van der Waals surface area contributed by atoms with E-state index in [1.54, 1.807) is 0 Å². The van der Waals surface area contributed by atoms with Gasteiger partial charge in [-0.15, -0.1) is 0 Å². The summed E-state index contributed by atoms with van der Waals surface area (Å²) in [5.41, 5.74) is 1.21. The lowest BCUT2D eigenvalue weighted by molar-refractivity contribution is 0.0844. The molecule has 2 aliphatic rings. The predicted molar refractivity (Wildman–Crippen MR) is 65.1 cm³/mol. The minimum Gasteiger partial charge on any atom is -0.381 e. The van der Waals surface area contributed by atoms with Crippen LogP contribution in [0, 0.1) is 0 Å². The van der Waals surface area contributed by atoms with Crippen molar-refractivity contribution < 1.29 is 4.74 Å². The molecule has 2 saturated heterocycles. The molecular formula is C13H19N3O. The van der Waals surface area contributed by atoms with Crippen LogP contribution in [-0.2, 0) is 4.74 Å². The maximum Gasteiger partial charge on any atom is 0.132 e. The minimum atomic E-state index is 0.509. The maximum atomic E-state index is 5.40. The number of hydrogen-bond donors (Lipinski definition) is 1. The smallest absolute Gasteiger partial charge is 0.132 e. The molecule has 0 aromatic carbocycles. The second kappa shape index (κ2) is 5.10. The predicted octanol–water partition coefficient (Wildman–Crippen LogP) is 1.45. The fraction of sp³-hybridized carbons (Fsp3) is 0.692. The fourth-order valence-corrected chi connectivity index (χ4v) is 2.68. The molecule has 1 unspecified atom stereocenters. The van der Waals surface area contributed by atoms with Gasteiger partial charge in [0.2, 0.25) is 0 Å². The zero-order valence-electron chi connectivity index (χ0n) is 10.1. The van der Waals surface area contributed by atoms with Crippen LogP contribution in [0.5, 0.6) is 0 Å². The van der Waals surface area contributed by atoms with E-state index in [0.29, 0.717) is 11.8 Å². The standard InChI is InChI=1S/C13H19N3O/c1-5-14-9-11(1)13-15-6-2-12(16-13)10-3-7-17-8-4-10/h2,6,10-11,14H,1,3-5,7-9H2. The van der Waals surface area contributed by atoms with Crippen LogP contribution in [0.15, 0.2) is 12.3 Å². The first-order valence-electron chi connectivity index (χ1n) is 6.55. The average molecular weight is 233 g/mol. The van der Waals surface area contributed by atoms with Crippen molar-refractivity contribution in [3.8, 4) is 0 Å². The second-order valence-electron chi connectivity index (χ2n) is 4.92. The van der Waals surface area contributed by atoms with Crippen molar-refractivity contribution in [2.24, 2.45) is 0 Å². The summed E-state index contributed by atoms with van der Waals surface area (Å²) in [6.45, 7) is 3.86. The molecule has 3 heterocycles. The van der Waals surface area contributed by atoms with Gasteiger partial charge < -0.3 is 10.1 Å². The van der Waals surface area contributed by atoms with E-state index in [4.69, 9.17) is 9.72 Å². The number of hydrogen-bond acceptors (Lipinski definition) is 4. The Morgan fingerprint density at radius 1 is 1.18 bits per heavy atom. The summed E-state index contributed by atoms with van der Waals surface area (Å²) in [6, 6.07) is 2.07. The molecule has 4 nitrogen and oxygen atoms in total. The van der Waals surface area contributed by atoms with Crippen molar-refractivity contribution in [1.82, 2.24) is 15.3 Å². The molecule has 92 valence electrons. The molecule has 4 heteroatoms. The molecule has 2 aliphatic heterocycles. The number of ether oxygens (including phenoxy) is 1. The SMILES string of the molecule is c1cc(C2CCOCC2)nc(C2CCNC2)n1. The molecule has 1 aromatic rings. The second-order valence-corrected chi connectivity index (χ2v) is 4.92. The van der Waals surface area contributed by atoms with Crippen molar-refractivity contribution in [1.29, 1.82) is 0 Å². The van der Waals surface area contributed by atoms with Gasteiger partial charge in [0, 0.05) is 43.5 Å². The Kier molecular flexibility index (Phi) is 3.34. The summed E-state index contributed by atoms with van der Waals surface area (Å²) in [4.78, 5) is 9.21. The van der Waals surface area contributed by atoms with E-state index in [2.05, 4.69) is 16.4 Å². The molecule has 0 bridgehead atoms. The van der Waals surface area contributed by atoms with E-state index in [9.17, 15) is 0 Å². The molecule has 1 atom stereocenters. The highest BCUT2D eigenvalue weighted by atomic mass is 16.5. The first-order chi connectivity index (χ1) is 8.43. The Balaban J connectivity index is 1.77. The van der Waals surface area contributed by atoms with Crippen LogP contribution in [0.3, 0.4) is 0 Å². The van der Waals surface area contributed by atoms with E-state index in [-0.39, 0.29) is 0 Å². The summed E-state index contributed by atoms with van der Waals surface area (Å²) in [5.74, 6) is 2.11. The average Bonchev–Trinajstić information content (AvgIpc) is 2.94. The zero-order chi connectivity index (χ0) is 11.5. The quantitative estimate of drug-likeness (QED) is 0.840. The first kappa shape index (κ1) is 11.1.